The molecule has 3 N–H and O–H groups in total. The number of carbonyl (C=O) groups is 3. The van der Waals surface area contributed by atoms with E-state index in [1.165, 1.54) is 0 Å². The minimum atomic E-state index is -0.729. The molecule has 0 saturated carbocycles. The topological polar surface area (TPSA) is 98.7 Å². The highest BCUT2D eigenvalue weighted by molar-refractivity contribution is 6.34. The van der Waals surface area contributed by atoms with Crippen molar-refractivity contribution in [3.8, 4) is 0 Å². The first kappa shape index (κ1) is 24.3. The first-order valence-electron chi connectivity index (χ1n) is 11.2. The van der Waals surface area contributed by atoms with E-state index in [0.717, 1.165) is 12.0 Å². The van der Waals surface area contributed by atoms with Gasteiger partial charge in [0.15, 0.2) is 0 Å². The Kier molecular flexibility index (Phi) is 7.96. The molecule has 0 unspecified atom stereocenters. The summed E-state index contributed by atoms with van der Waals surface area (Å²) in [4.78, 5) is 41.3. The molecule has 0 radical (unpaired) electrons. The number of nitrogens with zero attached hydrogens (tertiary/aromatic N) is 1. The normalized spacial score (nSPS) is 26.7. The van der Waals surface area contributed by atoms with Gasteiger partial charge in [0, 0.05) is 26.1 Å². The average Bonchev–Trinajstić information content (AvgIpc) is 3.05. The molecule has 5 atom stereocenters. The standard InChI is InChI=1S/C24H32ClN3O4/c1-14-10-11-16-19(18(14)22(30)26-3)24(32)28(12-5-4-6-13-29)21(16)23(31)27-20-15(2)8-7-9-17(20)25/h7-11,14,16,18-19,21,29H,4-6,12-13H2,1-3H3,(H,26,30)(H,27,31)/t14-,16+,18-,19-,21+/m1/s1. The summed E-state index contributed by atoms with van der Waals surface area (Å²) in [5, 5.41) is 15.1. The molecule has 1 fully saturated rings. The summed E-state index contributed by atoms with van der Waals surface area (Å²) in [6.07, 6.45) is 5.92. The Hall–Kier alpha value is -2.38. The van der Waals surface area contributed by atoms with Crippen LogP contribution in [0, 0.1) is 30.6 Å². The minimum Gasteiger partial charge on any atom is -0.396 e. The largest absolute Gasteiger partial charge is 0.396 e. The molecule has 8 heteroatoms. The van der Waals surface area contributed by atoms with Crippen LogP contribution < -0.4 is 10.6 Å². The maximum Gasteiger partial charge on any atom is 0.247 e. The molecule has 1 aliphatic heterocycles. The third kappa shape index (κ3) is 4.69. The molecule has 2 aliphatic rings. The smallest absolute Gasteiger partial charge is 0.247 e. The van der Waals surface area contributed by atoms with Gasteiger partial charge in [0.25, 0.3) is 0 Å². The molecule has 174 valence electrons. The lowest BCUT2D eigenvalue weighted by Crippen LogP contribution is -2.45. The van der Waals surface area contributed by atoms with Crippen molar-refractivity contribution in [2.24, 2.45) is 23.7 Å². The molecule has 0 aromatic heterocycles. The molecule has 1 heterocycles. The van der Waals surface area contributed by atoms with E-state index in [4.69, 9.17) is 16.7 Å². The van der Waals surface area contributed by atoms with Gasteiger partial charge in [-0.15, -0.1) is 0 Å². The summed E-state index contributed by atoms with van der Waals surface area (Å²) in [6, 6.07) is 4.66. The van der Waals surface area contributed by atoms with Crippen molar-refractivity contribution in [3.05, 3.63) is 40.9 Å². The van der Waals surface area contributed by atoms with Gasteiger partial charge in [0.2, 0.25) is 17.7 Å². The van der Waals surface area contributed by atoms with Crippen molar-refractivity contribution in [1.29, 1.82) is 0 Å². The Balaban J connectivity index is 1.94. The third-order valence-electron chi connectivity index (χ3n) is 6.62. The Bertz CT molecular complexity index is 883. The number of benzene rings is 1. The molecule has 3 rings (SSSR count). The number of amides is 3. The quantitative estimate of drug-likeness (QED) is 0.409. The molecule has 32 heavy (non-hydrogen) atoms. The fraction of sp³-hybridized carbons (Fsp3) is 0.542. The van der Waals surface area contributed by atoms with Gasteiger partial charge in [-0.3, -0.25) is 14.4 Å². The van der Waals surface area contributed by atoms with Gasteiger partial charge < -0.3 is 20.6 Å². The van der Waals surface area contributed by atoms with Crippen molar-refractivity contribution < 1.29 is 19.5 Å². The zero-order valence-corrected chi connectivity index (χ0v) is 19.6. The molecule has 1 saturated heterocycles. The lowest BCUT2D eigenvalue weighted by molar-refractivity contribution is -0.140. The molecule has 0 spiro atoms. The van der Waals surface area contributed by atoms with Crippen molar-refractivity contribution in [1.82, 2.24) is 10.2 Å². The summed E-state index contributed by atoms with van der Waals surface area (Å²) >= 11 is 6.32. The highest BCUT2D eigenvalue weighted by atomic mass is 35.5. The highest BCUT2D eigenvalue weighted by Gasteiger charge is 2.56. The van der Waals surface area contributed by atoms with Crippen molar-refractivity contribution in [2.45, 2.75) is 39.2 Å². The lowest BCUT2D eigenvalue weighted by atomic mass is 9.70. The molecule has 0 bridgehead atoms. The number of halogens is 1. The van der Waals surface area contributed by atoms with Crippen LogP contribution >= 0.6 is 11.6 Å². The summed E-state index contributed by atoms with van der Waals surface area (Å²) in [7, 11) is 1.57. The van der Waals surface area contributed by atoms with Gasteiger partial charge in [-0.05, 0) is 43.7 Å². The molecule has 7 nitrogen and oxygen atoms in total. The van der Waals surface area contributed by atoms with Crippen LogP contribution in [0.15, 0.2) is 30.4 Å². The maximum absolute atomic E-state index is 13.5. The van der Waals surface area contributed by atoms with Crippen molar-refractivity contribution in [3.63, 3.8) is 0 Å². The maximum atomic E-state index is 13.5. The zero-order chi connectivity index (χ0) is 23.4. The average molecular weight is 462 g/mol. The second-order valence-electron chi connectivity index (χ2n) is 8.67. The van der Waals surface area contributed by atoms with Crippen LogP contribution in [0.2, 0.25) is 5.02 Å². The van der Waals surface area contributed by atoms with Gasteiger partial charge in [-0.25, -0.2) is 0 Å². The Morgan fingerprint density at radius 3 is 2.56 bits per heavy atom. The number of carbonyl (C=O) groups excluding carboxylic acids is 3. The number of allylic oxidation sites excluding steroid dienone is 1. The van der Waals surface area contributed by atoms with E-state index in [-0.39, 0.29) is 30.2 Å². The SMILES string of the molecule is CNC(=O)[C@H]1[C@@H]2C(=O)N(CCCCCO)[C@H](C(=O)Nc3c(C)cccc3Cl)[C@H]2C=C[C@H]1C. The second kappa shape index (κ2) is 10.5. The van der Waals surface area contributed by atoms with E-state index in [1.807, 2.05) is 38.1 Å². The predicted molar refractivity (Wildman–Crippen MR) is 124 cm³/mol. The predicted octanol–water partition coefficient (Wildman–Crippen LogP) is 2.76. The summed E-state index contributed by atoms with van der Waals surface area (Å²) in [5.74, 6) is -2.28. The van der Waals surface area contributed by atoms with E-state index < -0.39 is 23.8 Å². The monoisotopic (exact) mass is 461 g/mol. The molecule has 3 amide bonds. The van der Waals surface area contributed by atoms with Gasteiger partial charge in [0.1, 0.15) is 6.04 Å². The third-order valence-corrected chi connectivity index (χ3v) is 6.93. The molecule has 1 aromatic rings. The van der Waals surface area contributed by atoms with Gasteiger partial charge >= 0.3 is 0 Å². The first-order chi connectivity index (χ1) is 15.3. The second-order valence-corrected chi connectivity index (χ2v) is 9.08. The summed E-state index contributed by atoms with van der Waals surface area (Å²) in [6.45, 7) is 4.27. The molecular weight excluding hydrogens is 430 g/mol. The molecule has 1 aromatic carbocycles. The number of aliphatic hydroxyl groups excluding tert-OH is 1. The number of fused-ring (bicyclic) bond motifs is 1. The first-order valence-corrected chi connectivity index (χ1v) is 11.6. The highest BCUT2D eigenvalue weighted by Crippen LogP contribution is 2.44. The Morgan fingerprint density at radius 1 is 1.16 bits per heavy atom. The van der Waals surface area contributed by atoms with Gasteiger partial charge in [0.05, 0.1) is 22.5 Å². The number of hydrogen-bond donors (Lipinski definition) is 3. The van der Waals surface area contributed by atoms with Crippen LogP contribution in [-0.2, 0) is 14.4 Å². The minimum absolute atomic E-state index is 0.0912. The van der Waals surface area contributed by atoms with E-state index >= 15 is 0 Å². The molecular formula is C24H32ClN3O4. The van der Waals surface area contributed by atoms with Crippen LogP contribution in [0.4, 0.5) is 5.69 Å². The summed E-state index contributed by atoms with van der Waals surface area (Å²) in [5.41, 5.74) is 1.36. The number of unbranched alkanes of at least 4 members (excludes halogenated alkanes) is 2. The Morgan fingerprint density at radius 2 is 1.91 bits per heavy atom. The number of aliphatic hydroxyl groups is 1. The van der Waals surface area contributed by atoms with Crippen LogP contribution in [0.25, 0.3) is 0 Å². The zero-order valence-electron chi connectivity index (χ0n) is 18.8. The molecule has 1 aliphatic carbocycles. The fourth-order valence-corrected chi connectivity index (χ4v) is 5.23. The number of rotatable bonds is 8. The number of nitrogens with one attached hydrogen (secondary N) is 2. The van der Waals surface area contributed by atoms with Crippen LogP contribution in [-0.4, -0.2) is 54.0 Å². The van der Waals surface area contributed by atoms with E-state index in [1.54, 1.807) is 18.0 Å². The van der Waals surface area contributed by atoms with Gasteiger partial charge in [-0.1, -0.05) is 42.8 Å². The van der Waals surface area contributed by atoms with Gasteiger partial charge in [-0.2, -0.15) is 0 Å². The lowest BCUT2D eigenvalue weighted by Gasteiger charge is -2.32. The number of para-hydroxylation sites is 1. The summed E-state index contributed by atoms with van der Waals surface area (Å²) < 4.78 is 0. The number of anilines is 1. The van der Waals surface area contributed by atoms with E-state index in [2.05, 4.69) is 10.6 Å². The van der Waals surface area contributed by atoms with Crippen molar-refractivity contribution in [2.75, 3.05) is 25.5 Å². The number of likely N-dealkylation sites (tertiary alicyclic amines) is 1. The van der Waals surface area contributed by atoms with E-state index in [0.29, 0.717) is 30.1 Å². The van der Waals surface area contributed by atoms with Crippen LogP contribution in [0.5, 0.6) is 0 Å². The number of hydrogen-bond acceptors (Lipinski definition) is 4. The van der Waals surface area contributed by atoms with Crippen LogP contribution in [0.3, 0.4) is 0 Å². The fourth-order valence-electron chi connectivity index (χ4n) is 4.96. The van der Waals surface area contributed by atoms with Crippen LogP contribution in [0.1, 0.15) is 31.7 Å². The Labute approximate surface area is 194 Å². The van der Waals surface area contributed by atoms with Crippen molar-refractivity contribution >= 4 is 35.0 Å². The number of aryl methyl sites for hydroxylation is 1. The van der Waals surface area contributed by atoms with E-state index in [9.17, 15) is 14.4 Å².